The first-order valence-corrected chi connectivity index (χ1v) is 8.07. The van der Waals surface area contributed by atoms with Crippen LogP contribution in [-0.4, -0.2) is 16.5 Å². The number of carbonyl (C=O) groups excluding carboxylic acids is 1. The largest absolute Gasteiger partial charge is 0.268 e. The summed E-state index contributed by atoms with van der Waals surface area (Å²) in [5.41, 5.74) is 2.61. The number of aromatic nitrogens is 1. The lowest BCUT2D eigenvalue weighted by Gasteiger charge is -2.17. The topological polar surface area (TPSA) is 34.4 Å². The van der Waals surface area contributed by atoms with Gasteiger partial charge >= 0.3 is 0 Å². The van der Waals surface area contributed by atoms with Crippen LogP contribution in [0.3, 0.4) is 0 Å². The Labute approximate surface area is 131 Å². The molecule has 22 heavy (non-hydrogen) atoms. The van der Waals surface area contributed by atoms with Crippen LogP contribution in [0.2, 0.25) is 0 Å². The van der Waals surface area contributed by atoms with E-state index in [4.69, 9.17) is 4.99 Å². The minimum absolute atomic E-state index is 0.0184. The van der Waals surface area contributed by atoms with Gasteiger partial charge in [0.25, 0.3) is 5.91 Å². The highest BCUT2D eigenvalue weighted by molar-refractivity contribution is 5.95. The molecule has 0 atom stereocenters. The van der Waals surface area contributed by atoms with Crippen LogP contribution in [0, 0.1) is 6.92 Å². The fourth-order valence-electron chi connectivity index (χ4n) is 2.94. The van der Waals surface area contributed by atoms with E-state index in [1.54, 1.807) is 4.57 Å². The fraction of sp³-hybridized carbons (Fsp3) is 0.368. The molecule has 1 aromatic heterocycles. The molecule has 0 bridgehead atoms. The zero-order valence-electron chi connectivity index (χ0n) is 13.0. The summed E-state index contributed by atoms with van der Waals surface area (Å²) in [6.45, 7) is 2.02. The third kappa shape index (κ3) is 3.35. The highest BCUT2D eigenvalue weighted by Gasteiger charge is 2.13. The molecule has 0 radical (unpaired) electrons. The third-order valence-corrected chi connectivity index (χ3v) is 4.25. The van der Waals surface area contributed by atoms with Gasteiger partial charge in [0.05, 0.1) is 6.04 Å². The average Bonchev–Trinajstić information content (AvgIpc) is 2.56. The van der Waals surface area contributed by atoms with Crippen LogP contribution < -0.4 is 5.49 Å². The number of pyridine rings is 1. The normalized spacial score (nSPS) is 16.7. The quantitative estimate of drug-likeness (QED) is 0.831. The standard InChI is InChI=1S/C19H22N2O/c1-15-10-12-16(13-11-15)19(22)21-14-6-5-9-18(21)20-17-7-3-2-4-8-17/h5-6,9-14,17H,2-4,7-8H2,1H3. The van der Waals surface area contributed by atoms with Crippen LogP contribution in [0.15, 0.2) is 53.7 Å². The van der Waals surface area contributed by atoms with E-state index in [2.05, 4.69) is 0 Å². The summed E-state index contributed by atoms with van der Waals surface area (Å²) in [4.78, 5) is 17.5. The van der Waals surface area contributed by atoms with E-state index in [-0.39, 0.29) is 5.91 Å². The first kappa shape index (κ1) is 14.8. The first-order valence-electron chi connectivity index (χ1n) is 8.07. The lowest BCUT2D eigenvalue weighted by molar-refractivity contribution is 0.0954. The van der Waals surface area contributed by atoms with E-state index in [1.807, 2.05) is 55.6 Å². The molecular formula is C19H22N2O. The molecule has 1 aliphatic rings. The zero-order chi connectivity index (χ0) is 15.4. The van der Waals surface area contributed by atoms with Crippen LogP contribution in [0.25, 0.3) is 0 Å². The van der Waals surface area contributed by atoms with Crippen molar-refractivity contribution in [1.82, 2.24) is 4.57 Å². The van der Waals surface area contributed by atoms with Gasteiger partial charge in [-0.15, -0.1) is 0 Å². The Kier molecular flexibility index (Phi) is 4.52. The summed E-state index contributed by atoms with van der Waals surface area (Å²) in [5, 5.41) is 0. The first-order chi connectivity index (χ1) is 10.7. The molecule has 0 spiro atoms. The second-order valence-corrected chi connectivity index (χ2v) is 6.02. The van der Waals surface area contributed by atoms with Crippen molar-refractivity contribution in [2.45, 2.75) is 45.1 Å². The van der Waals surface area contributed by atoms with Gasteiger partial charge in [0.1, 0.15) is 5.49 Å². The Hall–Kier alpha value is -2.16. The molecule has 0 amide bonds. The highest BCUT2D eigenvalue weighted by Crippen LogP contribution is 2.19. The van der Waals surface area contributed by atoms with Crippen molar-refractivity contribution in [2.24, 2.45) is 4.99 Å². The molecule has 1 aromatic carbocycles. The van der Waals surface area contributed by atoms with E-state index in [0.717, 1.165) is 23.9 Å². The van der Waals surface area contributed by atoms with Crippen molar-refractivity contribution in [1.29, 1.82) is 0 Å². The van der Waals surface area contributed by atoms with Crippen LogP contribution >= 0.6 is 0 Å². The molecular weight excluding hydrogens is 272 g/mol. The Balaban J connectivity index is 1.95. The number of nitrogens with zero attached hydrogens (tertiary/aromatic N) is 2. The van der Waals surface area contributed by atoms with E-state index >= 15 is 0 Å². The van der Waals surface area contributed by atoms with Crippen LogP contribution in [0.5, 0.6) is 0 Å². The zero-order valence-corrected chi connectivity index (χ0v) is 13.0. The number of hydrogen-bond acceptors (Lipinski definition) is 2. The molecule has 3 heteroatoms. The molecule has 1 heterocycles. The molecule has 1 aliphatic carbocycles. The lowest BCUT2D eigenvalue weighted by atomic mass is 9.96. The molecule has 2 aromatic rings. The van der Waals surface area contributed by atoms with Gasteiger partial charge in [-0.2, -0.15) is 0 Å². The van der Waals surface area contributed by atoms with Crippen LogP contribution in [0.1, 0.15) is 48.0 Å². The van der Waals surface area contributed by atoms with E-state index < -0.39 is 0 Å². The van der Waals surface area contributed by atoms with E-state index in [0.29, 0.717) is 11.6 Å². The Morgan fingerprint density at radius 3 is 2.50 bits per heavy atom. The van der Waals surface area contributed by atoms with E-state index in [9.17, 15) is 4.79 Å². The molecule has 0 N–H and O–H groups in total. The van der Waals surface area contributed by atoms with Crippen molar-refractivity contribution in [3.8, 4) is 0 Å². The summed E-state index contributed by atoms with van der Waals surface area (Å²) in [6, 6.07) is 13.8. The molecule has 1 saturated carbocycles. The van der Waals surface area contributed by atoms with Crippen molar-refractivity contribution in [3.05, 3.63) is 65.3 Å². The number of benzene rings is 1. The molecule has 0 unspecified atom stereocenters. The molecule has 0 aliphatic heterocycles. The van der Waals surface area contributed by atoms with Crippen LogP contribution in [0.4, 0.5) is 0 Å². The second-order valence-electron chi connectivity index (χ2n) is 6.02. The highest BCUT2D eigenvalue weighted by atomic mass is 16.2. The monoisotopic (exact) mass is 294 g/mol. The van der Waals surface area contributed by atoms with Gasteiger partial charge in [0.15, 0.2) is 0 Å². The third-order valence-electron chi connectivity index (χ3n) is 4.25. The number of hydrogen-bond donors (Lipinski definition) is 0. The van der Waals surface area contributed by atoms with Gasteiger partial charge in [-0.3, -0.25) is 14.4 Å². The lowest BCUT2D eigenvalue weighted by Crippen LogP contribution is -2.29. The minimum Gasteiger partial charge on any atom is -0.268 e. The Bertz CT molecular complexity index is 707. The van der Waals surface area contributed by atoms with Crippen molar-refractivity contribution >= 4 is 5.91 Å². The SMILES string of the molecule is Cc1ccc(C(=O)n2ccccc2=NC2CCCCC2)cc1. The van der Waals surface area contributed by atoms with E-state index in [1.165, 1.54) is 19.3 Å². The minimum atomic E-state index is -0.0184. The maximum Gasteiger partial charge on any atom is 0.263 e. The second kappa shape index (κ2) is 6.73. The van der Waals surface area contributed by atoms with Crippen molar-refractivity contribution < 1.29 is 4.79 Å². The summed E-state index contributed by atoms with van der Waals surface area (Å²) < 4.78 is 1.67. The van der Waals surface area contributed by atoms with Crippen molar-refractivity contribution in [2.75, 3.05) is 0 Å². The van der Waals surface area contributed by atoms with Gasteiger partial charge in [-0.1, -0.05) is 43.0 Å². The fourth-order valence-corrected chi connectivity index (χ4v) is 2.94. The van der Waals surface area contributed by atoms with Crippen LogP contribution in [-0.2, 0) is 0 Å². The molecule has 0 saturated heterocycles. The Morgan fingerprint density at radius 1 is 1.05 bits per heavy atom. The molecule has 1 fully saturated rings. The summed E-state index contributed by atoms with van der Waals surface area (Å²) in [5.74, 6) is -0.0184. The average molecular weight is 294 g/mol. The molecule has 3 nitrogen and oxygen atoms in total. The molecule has 3 rings (SSSR count). The number of carbonyl (C=O) groups is 1. The summed E-state index contributed by atoms with van der Waals surface area (Å²) >= 11 is 0. The predicted octanol–water partition coefficient (Wildman–Crippen LogP) is 3.72. The number of aryl methyl sites for hydroxylation is 1. The number of rotatable bonds is 2. The van der Waals surface area contributed by atoms with Gasteiger partial charge < -0.3 is 0 Å². The maximum absolute atomic E-state index is 12.7. The van der Waals surface area contributed by atoms with Gasteiger partial charge in [-0.25, -0.2) is 0 Å². The Morgan fingerprint density at radius 2 is 1.77 bits per heavy atom. The summed E-state index contributed by atoms with van der Waals surface area (Å²) in [6.07, 6.45) is 7.87. The van der Waals surface area contributed by atoms with Gasteiger partial charge in [0, 0.05) is 11.8 Å². The summed E-state index contributed by atoms with van der Waals surface area (Å²) in [7, 11) is 0. The maximum atomic E-state index is 12.7. The smallest absolute Gasteiger partial charge is 0.263 e. The van der Waals surface area contributed by atoms with Crippen molar-refractivity contribution in [3.63, 3.8) is 0 Å². The molecule has 114 valence electrons. The predicted molar refractivity (Wildman–Crippen MR) is 87.8 cm³/mol. The van der Waals surface area contributed by atoms with Gasteiger partial charge in [-0.05, 0) is 44.0 Å². The van der Waals surface area contributed by atoms with Gasteiger partial charge in [0.2, 0.25) is 0 Å².